The third-order valence-electron chi connectivity index (χ3n) is 6.20. The molecule has 1 aromatic carbocycles. The highest BCUT2D eigenvalue weighted by Gasteiger charge is 2.63. The van der Waals surface area contributed by atoms with Crippen molar-refractivity contribution in [3.05, 3.63) is 42.0 Å². The molecule has 0 heterocycles. The van der Waals surface area contributed by atoms with Gasteiger partial charge in [0.2, 0.25) is 5.75 Å². The van der Waals surface area contributed by atoms with Gasteiger partial charge in [-0.05, 0) is 35.8 Å². The minimum atomic E-state index is -1.06. The van der Waals surface area contributed by atoms with Gasteiger partial charge in [0, 0.05) is 18.9 Å². The number of allylic oxidation sites excluding steroid dienone is 1. The van der Waals surface area contributed by atoms with Gasteiger partial charge in [0.25, 0.3) is 0 Å². The van der Waals surface area contributed by atoms with Gasteiger partial charge in [-0.25, -0.2) is 0 Å². The summed E-state index contributed by atoms with van der Waals surface area (Å²) in [4.78, 5) is 13.3. The number of rotatable bonds is 7. The van der Waals surface area contributed by atoms with Gasteiger partial charge in [-0.1, -0.05) is 13.0 Å². The number of Topliss-reactive ketones (excluding diaryl/α,β-unsaturated/α-hetero) is 1. The smallest absolute Gasteiger partial charge is 0.203 e. The molecular formula is C22H28O6. The van der Waals surface area contributed by atoms with Crippen LogP contribution in [0, 0.1) is 11.8 Å². The minimum Gasteiger partial charge on any atom is -0.493 e. The number of aliphatic hydroxyl groups excluding tert-OH is 1. The van der Waals surface area contributed by atoms with Crippen LogP contribution in [-0.4, -0.2) is 51.0 Å². The van der Waals surface area contributed by atoms with E-state index in [2.05, 4.69) is 6.58 Å². The van der Waals surface area contributed by atoms with Gasteiger partial charge >= 0.3 is 0 Å². The molecule has 1 N–H and O–H groups in total. The number of hydrogen-bond acceptors (Lipinski definition) is 6. The second kappa shape index (κ2) is 7.60. The molecule has 0 amide bonds. The summed E-state index contributed by atoms with van der Waals surface area (Å²) < 4.78 is 22.1. The first-order valence-electron chi connectivity index (χ1n) is 9.30. The SMILES string of the molecule is C=CCC1=C[C@]2(OC)C(=O)[C@H]([C@H](c3cc(OC)c(OC)c(OC)c3)[C@H]2C)[C@H]1O. The normalized spacial score (nSPS) is 31.4. The van der Waals surface area contributed by atoms with Crippen LogP contribution in [0.2, 0.25) is 0 Å². The Bertz CT molecular complexity index is 788. The lowest BCUT2D eigenvalue weighted by molar-refractivity contribution is -0.140. The first-order chi connectivity index (χ1) is 13.4. The van der Waals surface area contributed by atoms with E-state index in [1.807, 2.05) is 19.1 Å². The molecule has 2 aliphatic carbocycles. The van der Waals surface area contributed by atoms with Crippen LogP contribution in [0.5, 0.6) is 17.2 Å². The molecule has 5 atom stereocenters. The first-order valence-corrected chi connectivity index (χ1v) is 9.30. The summed E-state index contributed by atoms with van der Waals surface area (Å²) in [5.41, 5.74) is 0.544. The quantitative estimate of drug-likeness (QED) is 0.724. The van der Waals surface area contributed by atoms with Gasteiger partial charge < -0.3 is 24.1 Å². The maximum Gasteiger partial charge on any atom is 0.203 e. The molecule has 2 aliphatic rings. The van der Waals surface area contributed by atoms with Crippen LogP contribution in [0.25, 0.3) is 0 Å². The summed E-state index contributed by atoms with van der Waals surface area (Å²) in [6.45, 7) is 5.74. The summed E-state index contributed by atoms with van der Waals surface area (Å²) in [6, 6.07) is 3.69. The third kappa shape index (κ3) is 2.74. The monoisotopic (exact) mass is 388 g/mol. The van der Waals surface area contributed by atoms with Crippen LogP contribution >= 0.6 is 0 Å². The molecule has 6 heteroatoms. The van der Waals surface area contributed by atoms with Crippen molar-refractivity contribution < 1.29 is 28.8 Å². The fourth-order valence-electron chi connectivity index (χ4n) is 4.84. The number of fused-ring (bicyclic) bond motifs is 2. The summed E-state index contributed by atoms with van der Waals surface area (Å²) >= 11 is 0. The Hall–Kier alpha value is -2.31. The zero-order valence-corrected chi connectivity index (χ0v) is 17.0. The fourth-order valence-corrected chi connectivity index (χ4v) is 4.84. The van der Waals surface area contributed by atoms with Crippen molar-refractivity contribution in [3.8, 4) is 17.2 Å². The number of ether oxygens (including phenoxy) is 4. The van der Waals surface area contributed by atoms with Crippen molar-refractivity contribution in [2.24, 2.45) is 11.8 Å². The first kappa shape index (κ1) is 20.4. The van der Waals surface area contributed by atoms with E-state index in [1.165, 1.54) is 0 Å². The van der Waals surface area contributed by atoms with Crippen LogP contribution < -0.4 is 14.2 Å². The highest BCUT2D eigenvalue weighted by molar-refractivity contribution is 5.98. The predicted molar refractivity (Wildman–Crippen MR) is 105 cm³/mol. The molecule has 2 bridgehead atoms. The van der Waals surface area contributed by atoms with Crippen molar-refractivity contribution in [1.29, 1.82) is 0 Å². The van der Waals surface area contributed by atoms with Crippen molar-refractivity contribution in [1.82, 2.24) is 0 Å². The van der Waals surface area contributed by atoms with Gasteiger partial charge in [-0.3, -0.25) is 4.79 Å². The molecule has 6 nitrogen and oxygen atoms in total. The maximum absolute atomic E-state index is 13.3. The maximum atomic E-state index is 13.3. The van der Waals surface area contributed by atoms with Crippen LogP contribution in [0.4, 0.5) is 0 Å². The molecule has 0 saturated heterocycles. The Labute approximate surface area is 165 Å². The van der Waals surface area contributed by atoms with Crippen LogP contribution in [0.15, 0.2) is 36.4 Å². The van der Waals surface area contributed by atoms with Crippen molar-refractivity contribution in [2.45, 2.75) is 31.0 Å². The summed E-state index contributed by atoms with van der Waals surface area (Å²) in [5, 5.41) is 11.0. The Morgan fingerprint density at radius 1 is 1.11 bits per heavy atom. The average molecular weight is 388 g/mol. The Morgan fingerprint density at radius 2 is 1.71 bits per heavy atom. The second-order valence-electron chi connectivity index (χ2n) is 7.32. The summed E-state index contributed by atoms with van der Waals surface area (Å²) in [6.07, 6.45) is 3.14. The van der Waals surface area contributed by atoms with E-state index >= 15 is 0 Å². The molecule has 3 rings (SSSR count). The molecular weight excluding hydrogens is 360 g/mol. The molecule has 0 spiro atoms. The van der Waals surface area contributed by atoms with Crippen molar-refractivity contribution in [3.63, 3.8) is 0 Å². The molecule has 0 aliphatic heterocycles. The van der Waals surface area contributed by atoms with E-state index < -0.39 is 17.6 Å². The molecule has 152 valence electrons. The largest absolute Gasteiger partial charge is 0.493 e. The van der Waals surface area contributed by atoms with Gasteiger partial charge in [0.1, 0.15) is 5.60 Å². The molecule has 1 saturated carbocycles. The molecule has 28 heavy (non-hydrogen) atoms. The molecule has 0 aromatic heterocycles. The number of benzene rings is 1. The standard InChI is InChI=1S/C22H28O6/c1-7-8-13-11-22(28-6)12(2)17(18(19(13)23)21(22)24)14-9-15(25-3)20(27-5)16(10-14)26-4/h7,9-12,17-19,23H,1,8H2,2-6H3/t12-,17+,18-,19+,22-/m1/s1. The van der Waals surface area contributed by atoms with E-state index in [-0.39, 0.29) is 17.6 Å². The lowest BCUT2D eigenvalue weighted by Gasteiger charge is -2.33. The topological polar surface area (TPSA) is 74.2 Å². The van der Waals surface area contributed by atoms with Crippen molar-refractivity contribution >= 4 is 5.78 Å². The van der Waals surface area contributed by atoms with E-state index in [4.69, 9.17) is 18.9 Å². The highest BCUT2D eigenvalue weighted by Crippen LogP contribution is 2.56. The number of ketones is 1. The van der Waals surface area contributed by atoms with Crippen molar-refractivity contribution in [2.75, 3.05) is 28.4 Å². The van der Waals surface area contributed by atoms with Gasteiger partial charge in [-0.2, -0.15) is 0 Å². The number of methoxy groups -OCH3 is 4. The number of carbonyl (C=O) groups excluding carboxylic acids is 1. The van der Waals surface area contributed by atoms with Crippen LogP contribution in [0.3, 0.4) is 0 Å². The summed E-state index contributed by atoms with van der Waals surface area (Å²) in [5.74, 6) is 0.348. The van der Waals surface area contributed by atoms with E-state index in [1.54, 1.807) is 40.6 Å². The van der Waals surface area contributed by atoms with E-state index in [9.17, 15) is 9.90 Å². The Kier molecular flexibility index (Phi) is 5.55. The molecule has 1 fully saturated rings. The van der Waals surface area contributed by atoms with Gasteiger partial charge in [-0.15, -0.1) is 6.58 Å². The summed E-state index contributed by atoms with van der Waals surface area (Å²) in [7, 11) is 6.20. The third-order valence-corrected chi connectivity index (χ3v) is 6.20. The fraction of sp³-hybridized carbons (Fsp3) is 0.500. The van der Waals surface area contributed by atoms with E-state index in [0.29, 0.717) is 23.7 Å². The molecule has 0 radical (unpaired) electrons. The number of hydrogen-bond donors (Lipinski definition) is 1. The predicted octanol–water partition coefficient (Wildman–Crippen LogP) is 2.89. The molecule has 1 aromatic rings. The highest BCUT2D eigenvalue weighted by atomic mass is 16.5. The Balaban J connectivity index is 2.17. The van der Waals surface area contributed by atoms with Crippen LogP contribution in [0.1, 0.15) is 24.8 Å². The van der Waals surface area contributed by atoms with Crippen LogP contribution in [-0.2, 0) is 9.53 Å². The zero-order valence-electron chi connectivity index (χ0n) is 17.0. The van der Waals surface area contributed by atoms with Gasteiger partial charge in [0.15, 0.2) is 17.3 Å². The minimum absolute atomic E-state index is 0.0958. The lowest BCUT2D eigenvalue weighted by atomic mass is 9.78. The zero-order chi connectivity index (χ0) is 20.6. The average Bonchev–Trinajstić information content (AvgIpc) is 2.86. The molecule has 0 unspecified atom stereocenters. The lowest BCUT2D eigenvalue weighted by Crippen LogP contribution is -2.46. The van der Waals surface area contributed by atoms with Gasteiger partial charge in [0.05, 0.1) is 33.4 Å². The van der Waals surface area contributed by atoms with E-state index in [0.717, 1.165) is 11.1 Å². The Morgan fingerprint density at radius 3 is 2.18 bits per heavy atom. The number of aliphatic hydroxyl groups is 1. The second-order valence-corrected chi connectivity index (χ2v) is 7.32. The number of carbonyl (C=O) groups is 1.